The molecule has 0 unspecified atom stereocenters. The van der Waals surface area contributed by atoms with Crippen molar-refractivity contribution in [2.75, 3.05) is 0 Å². The van der Waals surface area contributed by atoms with Crippen molar-refractivity contribution < 1.29 is 14.4 Å². The monoisotopic (exact) mass is 347 g/mol. The number of aryl methyl sites for hydroxylation is 1. The number of nitrogens with zero attached hydrogens (tertiary/aromatic N) is 1. The lowest BCUT2D eigenvalue weighted by Gasteiger charge is -2.27. The molecule has 0 atom stereocenters. The molecule has 1 aliphatic heterocycles. The molecule has 3 aromatic rings. The molecule has 0 aromatic heterocycles. The van der Waals surface area contributed by atoms with Gasteiger partial charge in [-0.25, -0.2) is 4.79 Å². The number of carbonyl (C=O) groups is 2. The van der Waals surface area contributed by atoms with E-state index in [1.54, 1.807) is 24.3 Å². The van der Waals surface area contributed by atoms with Crippen molar-refractivity contribution in [3.63, 3.8) is 0 Å². The van der Waals surface area contributed by atoms with Gasteiger partial charge in [-0.1, -0.05) is 60.2 Å². The fourth-order valence-corrected chi connectivity index (χ4v) is 3.21. The third-order valence-electron chi connectivity index (χ3n) is 4.20. The van der Waals surface area contributed by atoms with Crippen LogP contribution < -0.4 is 0 Å². The van der Waals surface area contributed by atoms with Crippen LogP contribution in [0, 0.1) is 6.92 Å². The van der Waals surface area contributed by atoms with Gasteiger partial charge in [0, 0.05) is 10.9 Å². The van der Waals surface area contributed by atoms with E-state index < -0.39 is 11.9 Å². The van der Waals surface area contributed by atoms with E-state index in [-0.39, 0.29) is 4.99 Å². The van der Waals surface area contributed by atoms with Crippen molar-refractivity contribution in [1.29, 1.82) is 0 Å². The van der Waals surface area contributed by atoms with E-state index in [2.05, 4.69) is 0 Å². The highest BCUT2D eigenvalue weighted by atomic mass is 32.1. The van der Waals surface area contributed by atoms with Crippen molar-refractivity contribution in [2.45, 2.75) is 6.92 Å². The molecule has 4 rings (SSSR count). The highest BCUT2D eigenvalue weighted by molar-refractivity contribution is 7.80. The minimum atomic E-state index is -0.623. The summed E-state index contributed by atoms with van der Waals surface area (Å²) in [5.74, 6) is -1.06. The van der Waals surface area contributed by atoms with Gasteiger partial charge < -0.3 is 4.84 Å². The Labute approximate surface area is 149 Å². The third-order valence-corrected chi connectivity index (χ3v) is 4.58. The molecule has 0 N–H and O–H groups in total. The Bertz CT molecular complexity index is 990. The molecule has 1 amide bonds. The Kier molecular flexibility index (Phi) is 3.58. The van der Waals surface area contributed by atoms with Crippen LogP contribution in [0.25, 0.3) is 10.8 Å². The molecule has 5 heteroatoms. The maximum absolute atomic E-state index is 12.8. The van der Waals surface area contributed by atoms with E-state index in [0.29, 0.717) is 16.7 Å². The van der Waals surface area contributed by atoms with Crippen LogP contribution in [0.3, 0.4) is 0 Å². The lowest BCUT2D eigenvalue weighted by Crippen LogP contribution is -2.41. The van der Waals surface area contributed by atoms with Crippen molar-refractivity contribution in [3.8, 4) is 0 Å². The topological polar surface area (TPSA) is 46.6 Å². The second kappa shape index (κ2) is 5.79. The number of rotatable bonds is 2. The van der Waals surface area contributed by atoms with Gasteiger partial charge in [-0.05, 0) is 30.5 Å². The molecule has 0 aliphatic carbocycles. The number of amides is 1. The second-order valence-corrected chi connectivity index (χ2v) is 6.25. The van der Waals surface area contributed by atoms with E-state index >= 15 is 0 Å². The first-order chi connectivity index (χ1) is 12.1. The Balaban J connectivity index is 1.73. The minimum absolute atomic E-state index is 0.190. The lowest BCUT2D eigenvalue weighted by molar-refractivity contribution is -0.0381. The summed E-state index contributed by atoms with van der Waals surface area (Å²) >= 11 is 5.41. The van der Waals surface area contributed by atoms with Crippen LogP contribution in [0.15, 0.2) is 60.7 Å². The van der Waals surface area contributed by atoms with Crippen LogP contribution in [-0.2, 0) is 4.84 Å². The van der Waals surface area contributed by atoms with Gasteiger partial charge in [-0.2, -0.15) is 0 Å². The van der Waals surface area contributed by atoms with E-state index in [1.165, 1.54) is 0 Å². The van der Waals surface area contributed by atoms with Gasteiger partial charge in [0.2, 0.25) is 0 Å². The van der Waals surface area contributed by atoms with Gasteiger partial charge in [-0.3, -0.25) is 4.79 Å². The molecule has 1 heterocycles. The average molecular weight is 347 g/mol. The van der Waals surface area contributed by atoms with Crippen LogP contribution in [0.1, 0.15) is 31.8 Å². The highest BCUT2D eigenvalue weighted by Crippen LogP contribution is 2.30. The molecule has 0 saturated heterocycles. The smallest absolute Gasteiger partial charge is 0.327 e. The zero-order valence-corrected chi connectivity index (χ0v) is 14.2. The Morgan fingerprint density at radius 1 is 0.960 bits per heavy atom. The fourth-order valence-electron chi connectivity index (χ4n) is 2.92. The highest BCUT2D eigenvalue weighted by Gasteiger charge is 2.33. The van der Waals surface area contributed by atoms with Gasteiger partial charge in [-0.15, -0.1) is 5.06 Å². The standard InChI is InChI=1S/C20H13NO3S/c1-12-8-10-14(11-9-12)20(23)24-21-18(22)15-6-2-4-13-5-3-7-16(17(13)15)19(21)25/h2-11H,1H3. The maximum atomic E-state index is 12.8. The predicted octanol–water partition coefficient (Wildman–Crippen LogP) is 4.05. The summed E-state index contributed by atoms with van der Waals surface area (Å²) in [5.41, 5.74) is 2.57. The second-order valence-electron chi connectivity index (χ2n) is 5.86. The van der Waals surface area contributed by atoms with E-state index in [4.69, 9.17) is 17.1 Å². The van der Waals surface area contributed by atoms with Gasteiger partial charge >= 0.3 is 5.97 Å². The van der Waals surface area contributed by atoms with Crippen LogP contribution in [-0.4, -0.2) is 21.9 Å². The molecule has 25 heavy (non-hydrogen) atoms. The number of carbonyl (C=O) groups excluding carboxylic acids is 2. The lowest BCUT2D eigenvalue weighted by atomic mass is 9.95. The molecular weight excluding hydrogens is 334 g/mol. The molecule has 122 valence electrons. The van der Waals surface area contributed by atoms with Crippen LogP contribution >= 0.6 is 12.2 Å². The zero-order chi connectivity index (χ0) is 17.6. The molecule has 0 saturated carbocycles. The Hall–Kier alpha value is -3.05. The molecule has 0 bridgehead atoms. The van der Waals surface area contributed by atoms with Crippen molar-refractivity contribution in [1.82, 2.24) is 5.06 Å². The van der Waals surface area contributed by atoms with E-state index in [1.807, 2.05) is 43.3 Å². The molecule has 0 fully saturated rings. The van der Waals surface area contributed by atoms with Gasteiger partial charge in [0.05, 0.1) is 11.1 Å². The van der Waals surface area contributed by atoms with E-state index in [0.717, 1.165) is 21.4 Å². The quantitative estimate of drug-likeness (QED) is 0.656. The zero-order valence-electron chi connectivity index (χ0n) is 13.4. The summed E-state index contributed by atoms with van der Waals surface area (Å²) in [5, 5.41) is 2.63. The molecule has 4 nitrogen and oxygen atoms in total. The van der Waals surface area contributed by atoms with Gasteiger partial charge in [0.1, 0.15) is 0 Å². The largest absolute Gasteiger partial charge is 0.363 e. The third kappa shape index (κ3) is 2.49. The number of hydroxylamine groups is 2. The number of thiocarbonyl (C=S) groups is 1. The van der Waals surface area contributed by atoms with Crippen LogP contribution in [0.5, 0.6) is 0 Å². The molecule has 1 aliphatic rings. The number of hydrogen-bond donors (Lipinski definition) is 0. The Morgan fingerprint density at radius 2 is 1.60 bits per heavy atom. The minimum Gasteiger partial charge on any atom is -0.327 e. The molecular formula is C20H13NO3S. The van der Waals surface area contributed by atoms with Gasteiger partial charge in [0.25, 0.3) is 5.91 Å². The van der Waals surface area contributed by atoms with Crippen molar-refractivity contribution in [3.05, 3.63) is 82.9 Å². The first-order valence-corrected chi connectivity index (χ1v) is 8.16. The van der Waals surface area contributed by atoms with Crippen LogP contribution in [0.4, 0.5) is 0 Å². The molecule has 3 aromatic carbocycles. The van der Waals surface area contributed by atoms with Crippen molar-refractivity contribution in [2.24, 2.45) is 0 Å². The average Bonchev–Trinajstić information content (AvgIpc) is 2.63. The SMILES string of the molecule is Cc1ccc(C(=O)ON2C(=O)c3cccc4cccc(c34)C2=S)cc1. The normalized spacial score (nSPS) is 13.2. The summed E-state index contributed by atoms with van der Waals surface area (Å²) in [6.45, 7) is 1.93. The first kappa shape index (κ1) is 15.5. The first-order valence-electron chi connectivity index (χ1n) is 7.76. The van der Waals surface area contributed by atoms with Gasteiger partial charge in [0.15, 0.2) is 4.99 Å². The predicted molar refractivity (Wildman–Crippen MR) is 98.4 cm³/mol. The Morgan fingerprint density at radius 3 is 2.28 bits per heavy atom. The summed E-state index contributed by atoms with van der Waals surface area (Å²) in [6.07, 6.45) is 0. The molecule has 0 spiro atoms. The number of benzene rings is 3. The molecule has 0 radical (unpaired) electrons. The maximum Gasteiger partial charge on any atom is 0.363 e. The summed E-state index contributed by atoms with van der Waals surface area (Å²) in [4.78, 5) is 30.7. The number of hydrogen-bond acceptors (Lipinski definition) is 4. The van der Waals surface area contributed by atoms with E-state index in [9.17, 15) is 9.59 Å². The summed E-state index contributed by atoms with van der Waals surface area (Å²) < 4.78 is 0. The fraction of sp³-hybridized carbons (Fsp3) is 0.0500. The summed E-state index contributed by atoms with van der Waals surface area (Å²) in [7, 11) is 0. The van der Waals surface area contributed by atoms with Crippen molar-refractivity contribution >= 4 is 39.9 Å². The summed E-state index contributed by atoms with van der Waals surface area (Å²) in [6, 6.07) is 18.0. The van der Waals surface area contributed by atoms with Crippen LogP contribution in [0.2, 0.25) is 0 Å².